The SMILES string of the molecule is CCOc1cc(/C=C2/NC(=O)N(Cc3cccc(C)c3)C2=O)cc(Br)c1OCc1ccc(Cl)c(Cl)c1. The van der Waals surface area contributed by atoms with E-state index in [0.29, 0.717) is 38.2 Å². The van der Waals surface area contributed by atoms with Crippen molar-refractivity contribution in [3.05, 3.63) is 97.1 Å². The number of aryl methyl sites for hydroxylation is 1. The van der Waals surface area contributed by atoms with Crippen LogP contribution < -0.4 is 14.8 Å². The van der Waals surface area contributed by atoms with Crippen LogP contribution in [-0.4, -0.2) is 23.4 Å². The lowest BCUT2D eigenvalue weighted by Crippen LogP contribution is -2.30. The Labute approximate surface area is 227 Å². The summed E-state index contributed by atoms with van der Waals surface area (Å²) in [5.41, 5.74) is 3.63. The molecule has 6 nitrogen and oxygen atoms in total. The van der Waals surface area contributed by atoms with Crippen LogP contribution in [0.15, 0.2) is 64.8 Å². The van der Waals surface area contributed by atoms with Gasteiger partial charge in [0.05, 0.1) is 27.7 Å². The van der Waals surface area contributed by atoms with E-state index in [9.17, 15) is 9.59 Å². The van der Waals surface area contributed by atoms with Crippen LogP contribution in [0.4, 0.5) is 4.79 Å². The zero-order chi connectivity index (χ0) is 25.8. The molecule has 1 saturated heterocycles. The highest BCUT2D eigenvalue weighted by Crippen LogP contribution is 2.38. The van der Waals surface area contributed by atoms with Crippen molar-refractivity contribution in [2.75, 3.05) is 6.61 Å². The fourth-order valence-corrected chi connectivity index (χ4v) is 4.63. The van der Waals surface area contributed by atoms with Gasteiger partial charge in [0, 0.05) is 0 Å². The molecule has 1 aliphatic rings. The Morgan fingerprint density at radius 1 is 1.00 bits per heavy atom. The van der Waals surface area contributed by atoms with Crippen molar-refractivity contribution in [2.24, 2.45) is 0 Å². The number of halogens is 3. The van der Waals surface area contributed by atoms with Gasteiger partial charge < -0.3 is 14.8 Å². The molecule has 1 N–H and O–H groups in total. The van der Waals surface area contributed by atoms with Gasteiger partial charge in [-0.2, -0.15) is 0 Å². The minimum atomic E-state index is -0.460. The lowest BCUT2D eigenvalue weighted by Gasteiger charge is -2.15. The number of hydrogen-bond donors (Lipinski definition) is 1. The number of carbonyl (C=O) groups is 2. The molecular formula is C27H23BrCl2N2O4. The van der Waals surface area contributed by atoms with E-state index in [1.54, 1.807) is 30.3 Å². The summed E-state index contributed by atoms with van der Waals surface area (Å²) >= 11 is 15.6. The molecule has 3 aromatic carbocycles. The van der Waals surface area contributed by atoms with Gasteiger partial charge in [-0.05, 0) is 76.8 Å². The average molecular weight is 590 g/mol. The Morgan fingerprint density at radius 3 is 2.53 bits per heavy atom. The van der Waals surface area contributed by atoms with Crippen molar-refractivity contribution in [1.29, 1.82) is 0 Å². The molecule has 0 saturated carbocycles. The number of ether oxygens (including phenoxy) is 2. The minimum Gasteiger partial charge on any atom is -0.490 e. The zero-order valence-corrected chi connectivity index (χ0v) is 22.7. The summed E-state index contributed by atoms with van der Waals surface area (Å²) in [6, 6.07) is 16.1. The summed E-state index contributed by atoms with van der Waals surface area (Å²) < 4.78 is 12.5. The molecule has 1 heterocycles. The summed E-state index contributed by atoms with van der Waals surface area (Å²) in [5.74, 6) is 0.607. The van der Waals surface area contributed by atoms with Crippen LogP contribution in [0, 0.1) is 6.92 Å². The summed E-state index contributed by atoms with van der Waals surface area (Å²) in [7, 11) is 0. The van der Waals surface area contributed by atoms with Gasteiger partial charge in [0.1, 0.15) is 12.3 Å². The van der Waals surface area contributed by atoms with Crippen LogP contribution in [0.3, 0.4) is 0 Å². The molecule has 3 aromatic rings. The van der Waals surface area contributed by atoms with E-state index in [-0.39, 0.29) is 18.8 Å². The molecule has 1 aliphatic heterocycles. The Balaban J connectivity index is 1.55. The second-order valence-electron chi connectivity index (χ2n) is 8.17. The van der Waals surface area contributed by atoms with Gasteiger partial charge in [0.2, 0.25) is 0 Å². The second kappa shape index (κ2) is 11.4. The van der Waals surface area contributed by atoms with E-state index >= 15 is 0 Å². The molecule has 0 spiro atoms. The topological polar surface area (TPSA) is 67.9 Å². The van der Waals surface area contributed by atoms with Crippen LogP contribution in [0.5, 0.6) is 11.5 Å². The van der Waals surface area contributed by atoms with Crippen LogP contribution in [0.25, 0.3) is 6.08 Å². The van der Waals surface area contributed by atoms with Crippen molar-refractivity contribution in [3.8, 4) is 11.5 Å². The monoisotopic (exact) mass is 588 g/mol. The van der Waals surface area contributed by atoms with Gasteiger partial charge in [-0.25, -0.2) is 4.79 Å². The highest BCUT2D eigenvalue weighted by molar-refractivity contribution is 9.10. The molecular weight excluding hydrogens is 567 g/mol. The fourth-order valence-electron chi connectivity index (χ4n) is 3.73. The van der Waals surface area contributed by atoms with Crippen LogP contribution in [-0.2, 0) is 17.9 Å². The van der Waals surface area contributed by atoms with Crippen LogP contribution in [0.2, 0.25) is 10.0 Å². The summed E-state index contributed by atoms with van der Waals surface area (Å²) in [6.07, 6.45) is 1.62. The summed E-state index contributed by atoms with van der Waals surface area (Å²) in [5, 5.41) is 3.59. The first-order valence-corrected chi connectivity index (χ1v) is 12.7. The molecule has 0 radical (unpaired) electrons. The van der Waals surface area contributed by atoms with Crippen molar-refractivity contribution in [1.82, 2.24) is 10.2 Å². The quantitative estimate of drug-likeness (QED) is 0.224. The number of rotatable bonds is 8. The van der Waals surface area contributed by atoms with Crippen LogP contribution in [0.1, 0.15) is 29.2 Å². The van der Waals surface area contributed by atoms with Crippen molar-refractivity contribution >= 4 is 57.1 Å². The molecule has 36 heavy (non-hydrogen) atoms. The number of carbonyl (C=O) groups excluding carboxylic acids is 2. The number of nitrogens with zero attached hydrogens (tertiary/aromatic N) is 1. The number of benzene rings is 3. The standard InChI is InChI=1S/C27H23BrCl2N2O4/c1-3-35-24-13-19(10-20(28)25(24)36-15-18-7-8-21(29)22(30)11-18)12-23-26(33)32(27(34)31-23)14-17-6-4-5-16(2)9-17/h4-13H,3,14-15H2,1-2H3,(H,31,34)/b23-12+. The molecule has 0 aromatic heterocycles. The van der Waals surface area contributed by atoms with Gasteiger partial charge in [-0.15, -0.1) is 0 Å². The third kappa shape index (κ3) is 6.03. The Hall–Kier alpha value is -3.00. The van der Waals surface area contributed by atoms with E-state index in [4.69, 9.17) is 32.7 Å². The first-order chi connectivity index (χ1) is 17.2. The molecule has 0 atom stereocenters. The maximum atomic E-state index is 13.0. The normalized spacial score (nSPS) is 14.4. The average Bonchev–Trinajstić information content (AvgIpc) is 3.08. The predicted molar refractivity (Wildman–Crippen MR) is 144 cm³/mol. The van der Waals surface area contributed by atoms with Crippen molar-refractivity contribution in [3.63, 3.8) is 0 Å². The smallest absolute Gasteiger partial charge is 0.329 e. The molecule has 0 unspecified atom stereocenters. The van der Waals surface area contributed by atoms with E-state index in [1.165, 1.54) is 4.90 Å². The zero-order valence-electron chi connectivity index (χ0n) is 19.6. The lowest BCUT2D eigenvalue weighted by atomic mass is 10.1. The fraction of sp³-hybridized carbons (Fsp3) is 0.185. The summed E-state index contributed by atoms with van der Waals surface area (Å²) in [4.78, 5) is 26.7. The van der Waals surface area contributed by atoms with Crippen molar-refractivity contribution < 1.29 is 19.1 Å². The maximum Gasteiger partial charge on any atom is 0.329 e. The lowest BCUT2D eigenvalue weighted by molar-refractivity contribution is -0.123. The van der Waals surface area contributed by atoms with Gasteiger partial charge in [0.25, 0.3) is 5.91 Å². The Bertz CT molecular complexity index is 1360. The Morgan fingerprint density at radius 2 is 1.81 bits per heavy atom. The van der Waals surface area contributed by atoms with Gasteiger partial charge in [-0.3, -0.25) is 9.69 Å². The largest absolute Gasteiger partial charge is 0.490 e. The molecule has 3 amide bonds. The minimum absolute atomic E-state index is 0.187. The highest BCUT2D eigenvalue weighted by atomic mass is 79.9. The van der Waals surface area contributed by atoms with Gasteiger partial charge >= 0.3 is 6.03 Å². The van der Waals surface area contributed by atoms with E-state index in [1.807, 2.05) is 44.2 Å². The molecule has 0 aliphatic carbocycles. The number of amides is 3. The molecule has 4 rings (SSSR count). The molecule has 186 valence electrons. The van der Waals surface area contributed by atoms with Crippen molar-refractivity contribution in [2.45, 2.75) is 27.0 Å². The predicted octanol–water partition coefficient (Wildman–Crippen LogP) is 7.13. The van der Waals surface area contributed by atoms with Gasteiger partial charge in [0.15, 0.2) is 11.5 Å². The number of imide groups is 1. The van der Waals surface area contributed by atoms with E-state index in [0.717, 1.165) is 16.7 Å². The van der Waals surface area contributed by atoms with Crippen LogP contribution >= 0.6 is 39.1 Å². The van der Waals surface area contributed by atoms with E-state index < -0.39 is 11.9 Å². The number of nitrogens with one attached hydrogen (secondary N) is 1. The highest BCUT2D eigenvalue weighted by Gasteiger charge is 2.33. The molecule has 0 bridgehead atoms. The number of hydrogen-bond acceptors (Lipinski definition) is 4. The summed E-state index contributed by atoms with van der Waals surface area (Å²) in [6.45, 7) is 4.69. The molecule has 9 heteroatoms. The van der Waals surface area contributed by atoms with Gasteiger partial charge in [-0.1, -0.05) is 59.1 Å². The first-order valence-electron chi connectivity index (χ1n) is 11.2. The Kier molecular flexibility index (Phi) is 8.24. The third-order valence-electron chi connectivity index (χ3n) is 5.40. The van der Waals surface area contributed by atoms with E-state index in [2.05, 4.69) is 21.2 Å². The third-order valence-corrected chi connectivity index (χ3v) is 6.72. The molecule has 1 fully saturated rings. The first kappa shape index (κ1) is 26.1. The second-order valence-corrected chi connectivity index (χ2v) is 9.84. The number of urea groups is 1. The maximum absolute atomic E-state index is 13.0.